The molecular weight excluding hydrogens is 478 g/mol. The molecule has 9 heteroatoms. The molecular formula is C27H37N3O5S. The zero-order chi connectivity index (χ0) is 26.1. The first-order valence-corrected chi connectivity index (χ1v) is 14.3. The monoisotopic (exact) mass is 515 g/mol. The molecule has 36 heavy (non-hydrogen) atoms. The second kappa shape index (κ2) is 12.8. The Labute approximate surface area is 214 Å². The lowest BCUT2D eigenvalue weighted by atomic mass is 10.1. The number of nitrogens with zero attached hydrogens (tertiary/aromatic N) is 2. The highest BCUT2D eigenvalue weighted by Gasteiger charge is 2.33. The molecule has 8 nitrogen and oxygen atoms in total. The molecule has 3 rings (SSSR count). The Balaban J connectivity index is 1.88. The minimum atomic E-state index is -3.81. The third kappa shape index (κ3) is 7.22. The van der Waals surface area contributed by atoms with Gasteiger partial charge in [0.2, 0.25) is 21.8 Å². The number of ether oxygens (including phenoxy) is 1. The van der Waals surface area contributed by atoms with E-state index in [1.807, 2.05) is 37.3 Å². The Morgan fingerprint density at radius 1 is 1.06 bits per heavy atom. The van der Waals surface area contributed by atoms with Gasteiger partial charge in [-0.15, -0.1) is 0 Å². The van der Waals surface area contributed by atoms with E-state index in [0.29, 0.717) is 25.1 Å². The van der Waals surface area contributed by atoms with E-state index in [1.54, 1.807) is 24.3 Å². The maximum absolute atomic E-state index is 13.7. The van der Waals surface area contributed by atoms with Gasteiger partial charge in [-0.1, -0.05) is 62.2 Å². The summed E-state index contributed by atoms with van der Waals surface area (Å²) in [5.41, 5.74) is 1.31. The lowest BCUT2D eigenvalue weighted by molar-refractivity contribution is -0.139. The summed E-state index contributed by atoms with van der Waals surface area (Å²) >= 11 is 0. The first kappa shape index (κ1) is 27.5. The van der Waals surface area contributed by atoms with Crippen LogP contribution >= 0.6 is 0 Å². The summed E-state index contributed by atoms with van der Waals surface area (Å²) < 4.78 is 31.9. The van der Waals surface area contributed by atoms with E-state index in [4.69, 9.17) is 4.74 Å². The first-order chi connectivity index (χ1) is 17.2. The number of amides is 2. The summed E-state index contributed by atoms with van der Waals surface area (Å²) in [6.07, 6.45) is 6.08. The molecule has 196 valence electrons. The van der Waals surface area contributed by atoms with E-state index in [9.17, 15) is 18.0 Å². The van der Waals surface area contributed by atoms with Crippen molar-refractivity contribution in [3.63, 3.8) is 0 Å². The quantitative estimate of drug-likeness (QED) is 0.468. The van der Waals surface area contributed by atoms with Gasteiger partial charge in [0.1, 0.15) is 18.3 Å². The fourth-order valence-corrected chi connectivity index (χ4v) is 5.55. The number of methoxy groups -OCH3 is 1. The summed E-state index contributed by atoms with van der Waals surface area (Å²) in [5, 5.41) is 3.11. The Kier molecular flexibility index (Phi) is 9.75. The zero-order valence-electron chi connectivity index (χ0n) is 21.4. The van der Waals surface area contributed by atoms with Crippen LogP contribution in [0.3, 0.4) is 0 Å². The van der Waals surface area contributed by atoms with Gasteiger partial charge in [-0.05, 0) is 43.4 Å². The molecule has 2 aromatic rings. The van der Waals surface area contributed by atoms with Gasteiger partial charge < -0.3 is 15.0 Å². The molecule has 0 saturated heterocycles. The van der Waals surface area contributed by atoms with Gasteiger partial charge >= 0.3 is 0 Å². The van der Waals surface area contributed by atoms with Crippen LogP contribution < -0.4 is 14.4 Å². The van der Waals surface area contributed by atoms with Crippen molar-refractivity contribution in [2.45, 2.75) is 57.5 Å². The van der Waals surface area contributed by atoms with Crippen molar-refractivity contribution >= 4 is 27.5 Å². The summed E-state index contributed by atoms with van der Waals surface area (Å²) in [6, 6.07) is 15.8. The summed E-state index contributed by atoms with van der Waals surface area (Å²) in [5.74, 6) is -0.276. The van der Waals surface area contributed by atoms with Crippen LogP contribution in [0.2, 0.25) is 0 Å². The Bertz CT molecular complexity index is 1120. The number of carbonyl (C=O) groups excluding carboxylic acids is 2. The number of sulfonamides is 1. The van der Waals surface area contributed by atoms with E-state index in [-0.39, 0.29) is 17.6 Å². The highest BCUT2D eigenvalue weighted by molar-refractivity contribution is 7.92. The van der Waals surface area contributed by atoms with Crippen molar-refractivity contribution in [3.8, 4) is 5.75 Å². The van der Waals surface area contributed by atoms with Gasteiger partial charge in [-0.3, -0.25) is 13.9 Å². The maximum atomic E-state index is 13.7. The largest absolute Gasteiger partial charge is 0.495 e. The topological polar surface area (TPSA) is 96.0 Å². The molecule has 0 bridgehead atoms. The lowest BCUT2D eigenvalue weighted by Gasteiger charge is -2.33. The first-order valence-electron chi connectivity index (χ1n) is 12.5. The zero-order valence-corrected chi connectivity index (χ0v) is 22.2. The normalized spacial score (nSPS) is 14.8. The second-order valence-corrected chi connectivity index (χ2v) is 11.1. The third-order valence-electron chi connectivity index (χ3n) is 6.60. The predicted octanol–water partition coefficient (Wildman–Crippen LogP) is 3.37. The molecule has 0 heterocycles. The Hall–Kier alpha value is -3.07. The average Bonchev–Trinajstić information content (AvgIpc) is 3.37. The van der Waals surface area contributed by atoms with Gasteiger partial charge in [-0.25, -0.2) is 8.42 Å². The highest BCUT2D eigenvalue weighted by Crippen LogP contribution is 2.29. The van der Waals surface area contributed by atoms with Crippen LogP contribution in [0.25, 0.3) is 0 Å². The summed E-state index contributed by atoms with van der Waals surface area (Å²) in [6.45, 7) is 1.74. The summed E-state index contributed by atoms with van der Waals surface area (Å²) in [4.78, 5) is 28.6. The van der Waals surface area contributed by atoms with Crippen LogP contribution in [-0.2, 0) is 26.0 Å². The average molecular weight is 516 g/mol. The predicted molar refractivity (Wildman–Crippen MR) is 142 cm³/mol. The van der Waals surface area contributed by atoms with Crippen LogP contribution in [0.4, 0.5) is 5.69 Å². The van der Waals surface area contributed by atoms with Gasteiger partial charge in [0.15, 0.2) is 0 Å². The van der Waals surface area contributed by atoms with Gasteiger partial charge in [0.05, 0.1) is 19.1 Å². The SMILES string of the molecule is CC[C@@H](C(=O)NC1CCCC1)N(CCc1ccccc1)C(=O)CN(c1ccccc1OC)S(C)(=O)=O. The van der Waals surface area contributed by atoms with Gasteiger partial charge in [0.25, 0.3) is 0 Å². The van der Waals surface area contributed by atoms with E-state index in [0.717, 1.165) is 41.8 Å². The standard InChI is InChI=1S/C27H37N3O5S/c1-4-23(27(32)28-22-14-8-9-15-22)29(19-18-21-12-6-5-7-13-21)26(31)20-30(36(3,33)34)24-16-10-11-17-25(24)35-2/h5-7,10-13,16-17,22-23H,4,8-9,14-15,18-20H2,1-3H3,(H,28,32)/t23-/m0/s1. The summed E-state index contributed by atoms with van der Waals surface area (Å²) in [7, 11) is -2.36. The molecule has 0 spiro atoms. The van der Waals surface area contributed by atoms with Gasteiger partial charge in [0, 0.05) is 12.6 Å². The van der Waals surface area contributed by atoms with Crippen LogP contribution in [0.1, 0.15) is 44.6 Å². The molecule has 0 unspecified atom stereocenters. The van der Waals surface area contributed by atoms with Crippen molar-refractivity contribution in [2.24, 2.45) is 0 Å². The maximum Gasteiger partial charge on any atom is 0.244 e. The molecule has 0 radical (unpaired) electrons. The van der Waals surface area contributed by atoms with E-state index < -0.39 is 28.5 Å². The number of hydrogen-bond donors (Lipinski definition) is 1. The Morgan fingerprint density at radius 3 is 2.31 bits per heavy atom. The van der Waals surface area contributed by atoms with Crippen LogP contribution in [-0.4, -0.2) is 63.7 Å². The van der Waals surface area contributed by atoms with Crippen molar-refractivity contribution < 1.29 is 22.7 Å². The van der Waals surface area contributed by atoms with Crippen LogP contribution in [0.15, 0.2) is 54.6 Å². The molecule has 2 aromatic carbocycles. The van der Waals surface area contributed by atoms with E-state index >= 15 is 0 Å². The fraction of sp³-hybridized carbons (Fsp3) is 0.481. The van der Waals surface area contributed by atoms with Crippen molar-refractivity contribution in [2.75, 3.05) is 30.8 Å². The number of nitrogens with one attached hydrogen (secondary N) is 1. The smallest absolute Gasteiger partial charge is 0.244 e. The highest BCUT2D eigenvalue weighted by atomic mass is 32.2. The van der Waals surface area contributed by atoms with Crippen LogP contribution in [0, 0.1) is 0 Å². The Morgan fingerprint density at radius 2 is 1.69 bits per heavy atom. The number of rotatable bonds is 12. The number of hydrogen-bond acceptors (Lipinski definition) is 5. The molecule has 1 saturated carbocycles. The number of para-hydroxylation sites is 2. The minimum Gasteiger partial charge on any atom is -0.495 e. The molecule has 0 aromatic heterocycles. The van der Waals surface area contributed by atoms with Crippen molar-refractivity contribution in [1.29, 1.82) is 0 Å². The number of anilines is 1. The van der Waals surface area contributed by atoms with Crippen LogP contribution in [0.5, 0.6) is 5.75 Å². The molecule has 1 aliphatic carbocycles. The minimum absolute atomic E-state index is 0.124. The van der Waals surface area contributed by atoms with Crippen molar-refractivity contribution in [1.82, 2.24) is 10.2 Å². The molecule has 2 amide bonds. The number of benzene rings is 2. The molecule has 1 atom stereocenters. The molecule has 1 fully saturated rings. The van der Waals surface area contributed by atoms with E-state index in [2.05, 4.69) is 5.32 Å². The molecule has 1 aliphatic rings. The van der Waals surface area contributed by atoms with Gasteiger partial charge in [-0.2, -0.15) is 0 Å². The van der Waals surface area contributed by atoms with E-state index in [1.165, 1.54) is 12.0 Å². The third-order valence-corrected chi connectivity index (χ3v) is 7.73. The molecule has 0 aliphatic heterocycles. The number of carbonyl (C=O) groups is 2. The fourth-order valence-electron chi connectivity index (χ4n) is 4.69. The van der Waals surface area contributed by atoms with Crippen molar-refractivity contribution in [3.05, 3.63) is 60.2 Å². The molecule has 1 N–H and O–H groups in total. The lowest BCUT2D eigenvalue weighted by Crippen LogP contribution is -2.54. The second-order valence-electron chi connectivity index (χ2n) is 9.18.